The van der Waals surface area contributed by atoms with Gasteiger partial charge in [-0.3, -0.25) is 4.79 Å². The first-order valence-corrected chi connectivity index (χ1v) is 11.0. The Kier molecular flexibility index (Phi) is 4.97. The molecular weight excluding hydrogens is 386 g/mol. The Morgan fingerprint density at radius 1 is 1.14 bits per heavy atom. The number of aromatic nitrogens is 5. The van der Waals surface area contributed by atoms with Crippen LogP contribution in [0, 0.1) is 5.92 Å². The standard InChI is InChI=1S/C20H23N7OS/c28-19(23-20-22-15-6-1-2-7-16(15)29-20)14-5-3-11-26(13-14)17-8-9-18(25-24-17)27-12-4-10-21-27/h4,8-10,12,14H,1-3,5-7,11,13H2,(H,22,23,28)/t14-/m0/s1. The van der Waals surface area contributed by atoms with E-state index in [1.807, 2.05) is 24.4 Å². The molecule has 0 spiro atoms. The van der Waals surface area contributed by atoms with E-state index in [-0.39, 0.29) is 11.8 Å². The molecule has 1 amide bonds. The van der Waals surface area contributed by atoms with Crippen molar-refractivity contribution >= 4 is 28.2 Å². The van der Waals surface area contributed by atoms with Crippen molar-refractivity contribution in [3.05, 3.63) is 41.2 Å². The van der Waals surface area contributed by atoms with Crippen molar-refractivity contribution in [2.45, 2.75) is 38.5 Å². The van der Waals surface area contributed by atoms with Gasteiger partial charge in [0.1, 0.15) is 0 Å². The SMILES string of the molecule is O=C(Nc1nc2c(s1)CCCC2)[C@H]1CCCN(c2ccc(-n3cccn3)nn2)C1. The molecule has 0 saturated carbocycles. The van der Waals surface area contributed by atoms with Gasteiger partial charge in [-0.1, -0.05) is 0 Å². The minimum Gasteiger partial charge on any atom is -0.354 e. The van der Waals surface area contributed by atoms with Gasteiger partial charge in [0.2, 0.25) is 5.91 Å². The van der Waals surface area contributed by atoms with Gasteiger partial charge in [-0.25, -0.2) is 9.67 Å². The number of nitrogens with one attached hydrogen (secondary N) is 1. The number of thiazole rings is 1. The monoisotopic (exact) mass is 409 g/mol. The summed E-state index contributed by atoms with van der Waals surface area (Å²) in [6, 6.07) is 5.70. The van der Waals surface area contributed by atoms with E-state index in [2.05, 4.69) is 30.5 Å². The summed E-state index contributed by atoms with van der Waals surface area (Å²) < 4.78 is 1.68. The van der Waals surface area contributed by atoms with Crippen LogP contribution in [0.15, 0.2) is 30.6 Å². The highest BCUT2D eigenvalue weighted by Gasteiger charge is 2.28. The second-order valence-corrected chi connectivity index (χ2v) is 8.65. The fourth-order valence-corrected chi connectivity index (χ4v) is 5.08. The lowest BCUT2D eigenvalue weighted by Crippen LogP contribution is -2.41. The van der Waals surface area contributed by atoms with Gasteiger partial charge in [0.25, 0.3) is 0 Å². The van der Waals surface area contributed by atoms with Gasteiger partial charge >= 0.3 is 0 Å². The molecule has 29 heavy (non-hydrogen) atoms. The van der Waals surface area contributed by atoms with E-state index in [1.54, 1.807) is 22.2 Å². The van der Waals surface area contributed by atoms with Gasteiger partial charge in [0, 0.05) is 30.4 Å². The molecule has 150 valence electrons. The topological polar surface area (TPSA) is 88.8 Å². The molecule has 1 aliphatic carbocycles. The summed E-state index contributed by atoms with van der Waals surface area (Å²) >= 11 is 1.64. The summed E-state index contributed by atoms with van der Waals surface area (Å²) in [5.41, 5.74) is 1.18. The Labute approximate surface area is 173 Å². The molecule has 0 unspecified atom stereocenters. The predicted octanol–water partition coefficient (Wildman–Crippen LogP) is 2.85. The minimum atomic E-state index is -0.0720. The van der Waals surface area contributed by atoms with E-state index in [9.17, 15) is 4.79 Å². The number of carbonyl (C=O) groups is 1. The van der Waals surface area contributed by atoms with Crippen LogP contribution < -0.4 is 10.2 Å². The van der Waals surface area contributed by atoms with Crippen LogP contribution in [0.2, 0.25) is 0 Å². The van der Waals surface area contributed by atoms with Crippen LogP contribution in [-0.4, -0.2) is 44.0 Å². The van der Waals surface area contributed by atoms with Crippen LogP contribution in [-0.2, 0) is 17.6 Å². The van der Waals surface area contributed by atoms with Crippen LogP contribution >= 0.6 is 11.3 Å². The van der Waals surface area contributed by atoms with Gasteiger partial charge in [-0.15, -0.1) is 21.5 Å². The van der Waals surface area contributed by atoms with Gasteiger partial charge < -0.3 is 10.2 Å². The van der Waals surface area contributed by atoms with Crippen molar-refractivity contribution < 1.29 is 4.79 Å². The molecule has 1 fully saturated rings. The lowest BCUT2D eigenvalue weighted by Gasteiger charge is -2.32. The van der Waals surface area contributed by atoms with E-state index in [1.165, 1.54) is 23.4 Å². The first-order chi connectivity index (χ1) is 14.3. The third kappa shape index (κ3) is 3.87. The molecule has 0 radical (unpaired) electrons. The van der Waals surface area contributed by atoms with Crippen molar-refractivity contribution in [2.24, 2.45) is 5.92 Å². The Bertz CT molecular complexity index is 959. The predicted molar refractivity (Wildman–Crippen MR) is 111 cm³/mol. The average Bonchev–Trinajstić information content (AvgIpc) is 3.43. The summed E-state index contributed by atoms with van der Waals surface area (Å²) in [6.45, 7) is 1.53. The first-order valence-electron chi connectivity index (χ1n) is 10.1. The quantitative estimate of drug-likeness (QED) is 0.713. The van der Waals surface area contributed by atoms with E-state index >= 15 is 0 Å². The molecule has 1 aliphatic heterocycles. The molecule has 1 N–H and O–H groups in total. The number of fused-ring (bicyclic) bond motifs is 1. The van der Waals surface area contributed by atoms with Gasteiger partial charge in [0.05, 0.1) is 11.6 Å². The Morgan fingerprint density at radius 3 is 2.79 bits per heavy atom. The highest BCUT2D eigenvalue weighted by Crippen LogP contribution is 2.30. The molecule has 4 heterocycles. The van der Waals surface area contributed by atoms with Crippen LogP contribution in [0.1, 0.15) is 36.3 Å². The highest BCUT2D eigenvalue weighted by atomic mass is 32.1. The van der Waals surface area contributed by atoms with E-state index in [4.69, 9.17) is 0 Å². The summed E-state index contributed by atoms with van der Waals surface area (Å²) in [7, 11) is 0. The number of anilines is 2. The zero-order chi connectivity index (χ0) is 19.6. The van der Waals surface area contributed by atoms with Gasteiger partial charge in [-0.2, -0.15) is 5.10 Å². The minimum absolute atomic E-state index is 0.0573. The molecule has 0 aromatic carbocycles. The van der Waals surface area contributed by atoms with Crippen molar-refractivity contribution in [3.63, 3.8) is 0 Å². The highest BCUT2D eigenvalue weighted by molar-refractivity contribution is 7.15. The Morgan fingerprint density at radius 2 is 2.00 bits per heavy atom. The van der Waals surface area contributed by atoms with Crippen LogP contribution in [0.5, 0.6) is 0 Å². The van der Waals surface area contributed by atoms with Gasteiger partial charge in [0.15, 0.2) is 16.8 Å². The van der Waals surface area contributed by atoms with E-state index in [0.29, 0.717) is 12.4 Å². The average molecular weight is 410 g/mol. The zero-order valence-corrected chi connectivity index (χ0v) is 16.9. The molecule has 1 atom stereocenters. The summed E-state index contributed by atoms with van der Waals surface area (Å²) in [6.07, 6.45) is 9.92. The maximum atomic E-state index is 12.8. The van der Waals surface area contributed by atoms with E-state index < -0.39 is 0 Å². The second kappa shape index (κ2) is 7.90. The molecule has 3 aromatic heterocycles. The molecule has 2 aliphatic rings. The van der Waals surface area contributed by atoms with Crippen molar-refractivity contribution in [2.75, 3.05) is 23.3 Å². The maximum absolute atomic E-state index is 12.8. The molecule has 5 rings (SSSR count). The molecule has 1 saturated heterocycles. The normalized spacial score (nSPS) is 19.0. The zero-order valence-electron chi connectivity index (χ0n) is 16.1. The van der Waals surface area contributed by atoms with Crippen LogP contribution in [0.4, 0.5) is 10.9 Å². The molecule has 0 bridgehead atoms. The number of hydrogen-bond donors (Lipinski definition) is 1. The number of rotatable bonds is 4. The number of amides is 1. The fraction of sp³-hybridized carbons (Fsp3) is 0.450. The van der Waals surface area contributed by atoms with Crippen LogP contribution in [0.25, 0.3) is 5.82 Å². The van der Waals surface area contributed by atoms with Crippen molar-refractivity contribution in [3.8, 4) is 5.82 Å². The first kappa shape index (κ1) is 18.2. The fourth-order valence-electron chi connectivity index (χ4n) is 4.03. The summed E-state index contributed by atoms with van der Waals surface area (Å²) in [5.74, 6) is 1.46. The van der Waals surface area contributed by atoms with E-state index in [0.717, 1.165) is 43.2 Å². The smallest absolute Gasteiger partial charge is 0.231 e. The largest absolute Gasteiger partial charge is 0.354 e. The summed E-state index contributed by atoms with van der Waals surface area (Å²) in [5, 5.41) is 16.6. The second-order valence-electron chi connectivity index (χ2n) is 7.57. The molecule has 3 aromatic rings. The Balaban J connectivity index is 1.24. The number of nitrogens with zero attached hydrogens (tertiary/aromatic N) is 6. The lowest BCUT2D eigenvalue weighted by molar-refractivity contribution is -0.120. The molecule has 8 nitrogen and oxygen atoms in total. The lowest BCUT2D eigenvalue weighted by atomic mass is 9.97. The van der Waals surface area contributed by atoms with Crippen molar-refractivity contribution in [1.82, 2.24) is 25.0 Å². The number of carbonyl (C=O) groups excluding carboxylic acids is 1. The number of piperidine rings is 1. The molecule has 9 heteroatoms. The third-order valence-electron chi connectivity index (χ3n) is 5.57. The number of hydrogen-bond acceptors (Lipinski definition) is 7. The maximum Gasteiger partial charge on any atom is 0.231 e. The third-order valence-corrected chi connectivity index (χ3v) is 6.64. The number of aryl methyl sites for hydroxylation is 2. The van der Waals surface area contributed by atoms with Gasteiger partial charge in [-0.05, 0) is 56.7 Å². The van der Waals surface area contributed by atoms with Crippen LogP contribution in [0.3, 0.4) is 0 Å². The Hall–Kier alpha value is -2.81. The molecular formula is C20H23N7OS. The van der Waals surface area contributed by atoms with Crippen molar-refractivity contribution in [1.29, 1.82) is 0 Å². The summed E-state index contributed by atoms with van der Waals surface area (Å²) in [4.78, 5) is 21.0.